The van der Waals surface area contributed by atoms with E-state index in [0.29, 0.717) is 31.3 Å². The maximum atomic E-state index is 12.7. The van der Waals surface area contributed by atoms with Crippen LogP contribution in [-0.4, -0.2) is 101 Å². The van der Waals surface area contributed by atoms with Crippen LogP contribution in [0.25, 0.3) is 0 Å². The van der Waals surface area contributed by atoms with Gasteiger partial charge in [0.25, 0.3) is 0 Å². The van der Waals surface area contributed by atoms with Gasteiger partial charge in [0.2, 0.25) is 20.0 Å². The first-order chi connectivity index (χ1) is 14.2. The van der Waals surface area contributed by atoms with Crippen molar-refractivity contribution in [3.05, 3.63) is 29.3 Å². The summed E-state index contributed by atoms with van der Waals surface area (Å²) in [5.74, 6) is -0.193. The zero-order chi connectivity index (χ0) is 21.8. The number of hydrogen-bond acceptors (Lipinski definition) is 6. The Hall–Kier alpha value is -1.44. The monoisotopic (exact) mass is 480 g/mol. The standard InChI is InChI=1S/C17H25ClN4O6S2/c18-15-2-1-3-16(14-15)30(26,27)22-7-5-20(6-8-22)17(23)19-4-13-29(24,25)21-9-11-28-12-10-21/h1-3,14H,4-13H2,(H,19,23). The van der Waals surface area contributed by atoms with Crippen LogP contribution in [0.15, 0.2) is 29.2 Å². The fourth-order valence-electron chi connectivity index (χ4n) is 3.26. The number of nitrogens with one attached hydrogen (secondary N) is 1. The molecule has 0 atom stereocenters. The van der Waals surface area contributed by atoms with Crippen LogP contribution in [0, 0.1) is 0 Å². The third kappa shape index (κ3) is 5.62. The molecule has 2 aliphatic rings. The second kappa shape index (κ2) is 9.79. The van der Waals surface area contributed by atoms with E-state index in [1.807, 2.05) is 0 Å². The lowest BCUT2D eigenvalue weighted by Crippen LogP contribution is -2.53. The minimum Gasteiger partial charge on any atom is -0.379 e. The topological polar surface area (TPSA) is 116 Å². The number of amides is 2. The average Bonchev–Trinajstić information content (AvgIpc) is 2.74. The highest BCUT2D eigenvalue weighted by Gasteiger charge is 2.30. The molecule has 0 aliphatic carbocycles. The number of carbonyl (C=O) groups is 1. The van der Waals surface area contributed by atoms with Gasteiger partial charge in [-0.25, -0.2) is 21.6 Å². The summed E-state index contributed by atoms with van der Waals surface area (Å²) in [5, 5.41) is 2.94. The van der Waals surface area contributed by atoms with E-state index >= 15 is 0 Å². The second-order valence-electron chi connectivity index (χ2n) is 6.91. The third-order valence-electron chi connectivity index (χ3n) is 4.96. The summed E-state index contributed by atoms with van der Waals surface area (Å²) >= 11 is 5.89. The summed E-state index contributed by atoms with van der Waals surface area (Å²) in [4.78, 5) is 13.9. The zero-order valence-electron chi connectivity index (χ0n) is 16.4. The van der Waals surface area contributed by atoms with Crippen LogP contribution in [0.4, 0.5) is 4.79 Å². The van der Waals surface area contributed by atoms with E-state index in [9.17, 15) is 21.6 Å². The van der Waals surface area contributed by atoms with E-state index in [1.165, 1.54) is 25.6 Å². The average molecular weight is 481 g/mol. The number of halogens is 1. The maximum Gasteiger partial charge on any atom is 0.317 e. The first-order valence-electron chi connectivity index (χ1n) is 9.54. The van der Waals surface area contributed by atoms with Crippen LogP contribution in [0.1, 0.15) is 0 Å². The lowest BCUT2D eigenvalue weighted by Gasteiger charge is -2.34. The number of carbonyl (C=O) groups excluding carboxylic acids is 1. The van der Waals surface area contributed by atoms with Crippen molar-refractivity contribution in [3.8, 4) is 0 Å². The van der Waals surface area contributed by atoms with Gasteiger partial charge in [0.1, 0.15) is 0 Å². The van der Waals surface area contributed by atoms with E-state index < -0.39 is 26.1 Å². The van der Waals surface area contributed by atoms with Crippen LogP contribution >= 0.6 is 11.6 Å². The molecule has 0 aromatic heterocycles. The van der Waals surface area contributed by atoms with Crippen molar-refractivity contribution < 1.29 is 26.4 Å². The molecule has 2 fully saturated rings. The van der Waals surface area contributed by atoms with Crippen LogP contribution in [0.2, 0.25) is 5.02 Å². The normalized spacial score (nSPS) is 19.6. The number of benzene rings is 1. The molecule has 2 aliphatic heterocycles. The number of piperazine rings is 1. The smallest absolute Gasteiger partial charge is 0.317 e. The van der Waals surface area contributed by atoms with E-state index in [-0.39, 0.29) is 43.4 Å². The van der Waals surface area contributed by atoms with Gasteiger partial charge < -0.3 is 15.0 Å². The first-order valence-corrected chi connectivity index (χ1v) is 13.0. The van der Waals surface area contributed by atoms with Gasteiger partial charge in [-0.15, -0.1) is 0 Å². The number of morpholine rings is 1. The van der Waals surface area contributed by atoms with E-state index in [4.69, 9.17) is 16.3 Å². The molecule has 0 unspecified atom stereocenters. The predicted octanol–water partition coefficient (Wildman–Crippen LogP) is 0.0179. The SMILES string of the molecule is O=C(NCCS(=O)(=O)N1CCOCC1)N1CCN(S(=O)(=O)c2cccc(Cl)c2)CC1. The van der Waals surface area contributed by atoms with Gasteiger partial charge in [-0.2, -0.15) is 8.61 Å². The zero-order valence-corrected chi connectivity index (χ0v) is 18.8. The lowest BCUT2D eigenvalue weighted by molar-refractivity contribution is 0.0730. The fraction of sp³-hybridized carbons (Fsp3) is 0.588. The van der Waals surface area contributed by atoms with E-state index in [1.54, 1.807) is 12.1 Å². The highest BCUT2D eigenvalue weighted by Crippen LogP contribution is 2.20. The van der Waals surface area contributed by atoms with Crippen LogP contribution in [0.5, 0.6) is 0 Å². The molecule has 10 nitrogen and oxygen atoms in total. The summed E-state index contributed by atoms with van der Waals surface area (Å²) in [5.41, 5.74) is 0. The van der Waals surface area contributed by atoms with Crippen molar-refractivity contribution in [2.45, 2.75) is 4.90 Å². The summed E-state index contributed by atoms with van der Waals surface area (Å²) in [6.07, 6.45) is 0. The molecule has 30 heavy (non-hydrogen) atoms. The quantitative estimate of drug-likeness (QED) is 0.613. The molecule has 2 saturated heterocycles. The molecule has 2 heterocycles. The fourth-order valence-corrected chi connectivity index (χ4v) is 6.31. The van der Waals surface area contributed by atoms with Crippen molar-refractivity contribution in [2.24, 2.45) is 0 Å². The molecule has 0 saturated carbocycles. The summed E-state index contributed by atoms with van der Waals surface area (Å²) < 4.78 is 57.8. The van der Waals surface area contributed by atoms with Gasteiger partial charge >= 0.3 is 6.03 Å². The summed E-state index contributed by atoms with van der Waals surface area (Å²) in [6.45, 7) is 2.08. The molecule has 3 rings (SSSR count). The van der Waals surface area contributed by atoms with Crippen molar-refractivity contribution in [1.82, 2.24) is 18.8 Å². The highest BCUT2D eigenvalue weighted by molar-refractivity contribution is 7.89. The van der Waals surface area contributed by atoms with Gasteiger partial charge in [-0.3, -0.25) is 0 Å². The molecule has 13 heteroatoms. The van der Waals surface area contributed by atoms with Crippen molar-refractivity contribution in [1.29, 1.82) is 0 Å². The predicted molar refractivity (Wildman–Crippen MR) is 111 cm³/mol. The number of urea groups is 1. The molecule has 1 aromatic carbocycles. The molecule has 0 radical (unpaired) electrons. The van der Waals surface area contributed by atoms with Crippen molar-refractivity contribution in [3.63, 3.8) is 0 Å². The Morgan fingerprint density at radius 2 is 1.67 bits per heavy atom. The van der Waals surface area contributed by atoms with E-state index in [0.717, 1.165) is 0 Å². The first kappa shape index (κ1) is 23.2. The van der Waals surface area contributed by atoms with Crippen LogP contribution in [0.3, 0.4) is 0 Å². The maximum absolute atomic E-state index is 12.7. The Balaban J connectivity index is 1.47. The Bertz CT molecular complexity index is 958. The number of sulfonamides is 2. The van der Waals surface area contributed by atoms with Gasteiger partial charge in [0.15, 0.2) is 0 Å². The Morgan fingerprint density at radius 3 is 2.30 bits per heavy atom. The van der Waals surface area contributed by atoms with Gasteiger partial charge in [0, 0.05) is 50.8 Å². The highest BCUT2D eigenvalue weighted by atomic mass is 35.5. The summed E-state index contributed by atoms with van der Waals surface area (Å²) in [7, 11) is -7.14. The molecule has 2 amide bonds. The molecule has 168 valence electrons. The Morgan fingerprint density at radius 1 is 1.00 bits per heavy atom. The van der Waals surface area contributed by atoms with Crippen molar-refractivity contribution >= 4 is 37.7 Å². The van der Waals surface area contributed by atoms with Gasteiger partial charge in [-0.05, 0) is 18.2 Å². The van der Waals surface area contributed by atoms with Crippen LogP contribution < -0.4 is 5.32 Å². The largest absolute Gasteiger partial charge is 0.379 e. The lowest BCUT2D eigenvalue weighted by atomic mass is 10.4. The second-order valence-corrected chi connectivity index (χ2v) is 11.4. The number of ether oxygens (including phenoxy) is 1. The molecule has 1 N–H and O–H groups in total. The Labute approximate surface area is 181 Å². The molecular formula is C17H25ClN4O6S2. The van der Waals surface area contributed by atoms with Crippen molar-refractivity contribution in [2.75, 3.05) is 64.8 Å². The molecule has 0 bridgehead atoms. The minimum absolute atomic E-state index is 0.0143. The van der Waals surface area contributed by atoms with Gasteiger partial charge in [-0.1, -0.05) is 17.7 Å². The number of hydrogen-bond donors (Lipinski definition) is 1. The van der Waals surface area contributed by atoms with E-state index in [2.05, 4.69) is 5.32 Å². The molecular weight excluding hydrogens is 456 g/mol. The number of rotatable bonds is 6. The van der Waals surface area contributed by atoms with Gasteiger partial charge in [0.05, 0.1) is 23.9 Å². The number of nitrogens with zero attached hydrogens (tertiary/aromatic N) is 3. The van der Waals surface area contributed by atoms with Crippen LogP contribution in [-0.2, 0) is 24.8 Å². The Kier molecular flexibility index (Phi) is 7.58. The minimum atomic E-state index is -3.69. The summed E-state index contributed by atoms with van der Waals surface area (Å²) in [6, 6.07) is 5.64. The molecule has 1 aromatic rings. The third-order valence-corrected chi connectivity index (χ3v) is 8.96. The molecule has 0 spiro atoms.